The lowest BCUT2D eigenvalue weighted by Crippen LogP contribution is -2.15. The Balaban J connectivity index is 3.01. The van der Waals surface area contributed by atoms with Gasteiger partial charge in [-0.25, -0.2) is 0 Å². The molecule has 0 radical (unpaired) electrons. The van der Waals surface area contributed by atoms with Crippen molar-refractivity contribution in [1.82, 2.24) is 0 Å². The fraction of sp³-hybridized carbons (Fsp3) is 0.826. The maximum absolute atomic E-state index is 5.43. The largest absolute Gasteiger partial charge is 0.499 e. The zero-order valence-corrected chi connectivity index (χ0v) is 20.3. The van der Waals surface area contributed by atoms with Gasteiger partial charge in [0.25, 0.3) is 0 Å². The van der Waals surface area contributed by atoms with Gasteiger partial charge in [0.05, 0.1) is 118 Å². The van der Waals surface area contributed by atoms with Gasteiger partial charge < -0.3 is 47.4 Å². The fourth-order valence-corrected chi connectivity index (χ4v) is 2.11. The Kier molecular flexibility index (Phi) is 27.7. The van der Waals surface area contributed by atoms with Crippen molar-refractivity contribution in [3.05, 3.63) is 25.2 Å². The molecule has 0 aliphatic carbocycles. The zero-order chi connectivity index (χ0) is 24.1. The molecule has 0 aliphatic heterocycles. The molecule has 0 N–H and O–H groups in total. The molecular weight excluding hydrogens is 436 g/mol. The minimum absolute atomic E-state index is 0.506. The van der Waals surface area contributed by atoms with Gasteiger partial charge in [-0.2, -0.15) is 0 Å². The fourth-order valence-electron chi connectivity index (χ4n) is 2.11. The molecule has 0 amide bonds. The number of rotatable bonds is 29. The SMILES string of the molecule is C=COCCOCCOCCOCCOCCOCCOCCOCCOCCOC(=C)C. The second kappa shape index (κ2) is 28.8. The summed E-state index contributed by atoms with van der Waals surface area (Å²) in [5.74, 6) is 0.691. The summed E-state index contributed by atoms with van der Waals surface area (Å²) < 4.78 is 53.2. The van der Waals surface area contributed by atoms with E-state index in [0.717, 1.165) is 0 Å². The molecule has 10 nitrogen and oxygen atoms in total. The lowest BCUT2D eigenvalue weighted by atomic mass is 10.6. The highest BCUT2D eigenvalue weighted by molar-refractivity contribution is 4.72. The first-order valence-corrected chi connectivity index (χ1v) is 11.4. The molecule has 0 spiro atoms. The van der Waals surface area contributed by atoms with E-state index in [1.54, 1.807) is 0 Å². The van der Waals surface area contributed by atoms with Crippen molar-refractivity contribution in [3.8, 4) is 0 Å². The Morgan fingerprint density at radius 3 is 0.939 bits per heavy atom. The number of hydrogen-bond donors (Lipinski definition) is 0. The van der Waals surface area contributed by atoms with E-state index >= 15 is 0 Å². The average molecular weight is 481 g/mol. The lowest BCUT2D eigenvalue weighted by Gasteiger charge is -2.09. The minimum Gasteiger partial charge on any atom is -0.499 e. The predicted octanol–water partition coefficient (Wildman–Crippen LogP) is 1.83. The van der Waals surface area contributed by atoms with Crippen molar-refractivity contribution in [1.29, 1.82) is 0 Å². The molecule has 0 heterocycles. The van der Waals surface area contributed by atoms with Gasteiger partial charge in [0.2, 0.25) is 0 Å². The van der Waals surface area contributed by atoms with Crippen LogP contribution in [-0.2, 0) is 47.4 Å². The van der Waals surface area contributed by atoms with Crippen LogP contribution in [0.4, 0.5) is 0 Å². The molecule has 0 aromatic rings. The van der Waals surface area contributed by atoms with Crippen molar-refractivity contribution in [3.63, 3.8) is 0 Å². The summed E-state index contributed by atoms with van der Waals surface area (Å²) in [4.78, 5) is 0. The molecule has 0 saturated heterocycles. The van der Waals surface area contributed by atoms with Crippen LogP contribution in [0.1, 0.15) is 6.92 Å². The standard InChI is InChI=1S/C23H44O10/c1-4-24-5-6-25-7-8-26-9-10-27-11-12-28-13-14-29-15-16-30-17-18-31-19-20-32-21-22-33-23(2)3/h4H,1-2,5-22H2,3H3. The zero-order valence-electron chi connectivity index (χ0n) is 20.3. The molecule has 10 heteroatoms. The topological polar surface area (TPSA) is 92.3 Å². The predicted molar refractivity (Wildman–Crippen MR) is 123 cm³/mol. The third-order valence-corrected chi connectivity index (χ3v) is 3.64. The number of allylic oxidation sites excluding steroid dienone is 1. The Hall–Kier alpha value is -1.24. The first kappa shape index (κ1) is 31.8. The van der Waals surface area contributed by atoms with Gasteiger partial charge in [-0.15, -0.1) is 0 Å². The average Bonchev–Trinajstić information content (AvgIpc) is 2.80. The highest BCUT2D eigenvalue weighted by Gasteiger charge is 1.95. The van der Waals surface area contributed by atoms with Gasteiger partial charge in [-0.3, -0.25) is 0 Å². The van der Waals surface area contributed by atoms with E-state index in [1.165, 1.54) is 6.26 Å². The van der Waals surface area contributed by atoms with Crippen molar-refractivity contribution in [2.24, 2.45) is 0 Å². The van der Waals surface area contributed by atoms with Crippen molar-refractivity contribution in [2.45, 2.75) is 6.92 Å². The summed E-state index contributed by atoms with van der Waals surface area (Å²) in [6, 6.07) is 0. The Bertz CT molecular complexity index is 409. The van der Waals surface area contributed by atoms with E-state index in [9.17, 15) is 0 Å². The molecular formula is C23H44O10. The van der Waals surface area contributed by atoms with Crippen molar-refractivity contribution in [2.75, 3.05) is 119 Å². The van der Waals surface area contributed by atoms with E-state index < -0.39 is 0 Å². The molecule has 0 rings (SSSR count). The van der Waals surface area contributed by atoms with E-state index in [1.807, 2.05) is 6.92 Å². The lowest BCUT2D eigenvalue weighted by molar-refractivity contribution is -0.0248. The maximum Gasteiger partial charge on any atom is 0.111 e. The molecule has 0 atom stereocenters. The molecule has 0 unspecified atom stereocenters. The van der Waals surface area contributed by atoms with Crippen LogP contribution in [0, 0.1) is 0 Å². The van der Waals surface area contributed by atoms with Gasteiger partial charge in [-0.1, -0.05) is 13.2 Å². The van der Waals surface area contributed by atoms with Crippen molar-refractivity contribution < 1.29 is 47.4 Å². The summed E-state index contributed by atoms with van der Waals surface area (Å²) in [5, 5.41) is 0. The summed E-state index contributed by atoms with van der Waals surface area (Å²) in [5.41, 5.74) is 0. The third kappa shape index (κ3) is 30.8. The highest BCUT2D eigenvalue weighted by Crippen LogP contribution is 1.90. The molecule has 0 bridgehead atoms. The molecule has 0 aliphatic rings. The Morgan fingerprint density at radius 1 is 0.455 bits per heavy atom. The van der Waals surface area contributed by atoms with E-state index in [0.29, 0.717) is 125 Å². The molecule has 0 aromatic heterocycles. The minimum atomic E-state index is 0.506. The van der Waals surface area contributed by atoms with E-state index in [4.69, 9.17) is 47.4 Å². The van der Waals surface area contributed by atoms with E-state index in [2.05, 4.69) is 13.2 Å². The third-order valence-electron chi connectivity index (χ3n) is 3.64. The quantitative estimate of drug-likeness (QED) is 0.117. The van der Waals surface area contributed by atoms with Crippen LogP contribution >= 0.6 is 0 Å². The van der Waals surface area contributed by atoms with Crippen LogP contribution in [0.25, 0.3) is 0 Å². The van der Waals surface area contributed by atoms with Gasteiger partial charge in [0.15, 0.2) is 0 Å². The second-order valence-corrected chi connectivity index (χ2v) is 6.49. The van der Waals surface area contributed by atoms with Crippen LogP contribution in [0.5, 0.6) is 0 Å². The second-order valence-electron chi connectivity index (χ2n) is 6.49. The first-order chi connectivity index (χ1) is 16.3. The van der Waals surface area contributed by atoms with Gasteiger partial charge in [0.1, 0.15) is 13.2 Å². The molecule has 0 saturated carbocycles. The summed E-state index contributed by atoms with van der Waals surface area (Å²) in [6.45, 7) is 18.3. The number of ether oxygens (including phenoxy) is 10. The molecule has 196 valence electrons. The molecule has 0 fully saturated rings. The van der Waals surface area contributed by atoms with Crippen LogP contribution in [0.15, 0.2) is 25.2 Å². The Morgan fingerprint density at radius 2 is 0.697 bits per heavy atom. The van der Waals surface area contributed by atoms with Gasteiger partial charge in [0, 0.05) is 0 Å². The molecule has 0 aromatic carbocycles. The summed E-state index contributed by atoms with van der Waals surface area (Å²) >= 11 is 0. The maximum atomic E-state index is 5.43. The van der Waals surface area contributed by atoms with E-state index in [-0.39, 0.29) is 0 Å². The summed E-state index contributed by atoms with van der Waals surface area (Å²) in [6.07, 6.45) is 1.40. The van der Waals surface area contributed by atoms with Crippen LogP contribution in [-0.4, -0.2) is 119 Å². The van der Waals surface area contributed by atoms with Crippen LogP contribution in [0.2, 0.25) is 0 Å². The molecule has 33 heavy (non-hydrogen) atoms. The summed E-state index contributed by atoms with van der Waals surface area (Å²) in [7, 11) is 0. The number of hydrogen-bond acceptors (Lipinski definition) is 10. The highest BCUT2D eigenvalue weighted by atomic mass is 16.6. The first-order valence-electron chi connectivity index (χ1n) is 11.4. The smallest absolute Gasteiger partial charge is 0.111 e. The van der Waals surface area contributed by atoms with Gasteiger partial charge >= 0.3 is 0 Å². The monoisotopic (exact) mass is 480 g/mol. The van der Waals surface area contributed by atoms with Crippen molar-refractivity contribution >= 4 is 0 Å². The van der Waals surface area contributed by atoms with Gasteiger partial charge in [-0.05, 0) is 6.92 Å². The van der Waals surface area contributed by atoms with Crippen LogP contribution in [0.3, 0.4) is 0 Å². The normalized spacial score (nSPS) is 10.9. The van der Waals surface area contributed by atoms with Crippen LogP contribution < -0.4 is 0 Å². The Labute approximate surface area is 199 Å².